The van der Waals surface area contributed by atoms with Crippen LogP contribution in [0.1, 0.15) is 22.8 Å². The number of nitrogens with zero attached hydrogens (tertiary/aromatic N) is 3. The van der Waals surface area contributed by atoms with Gasteiger partial charge in [0.1, 0.15) is 17.4 Å². The maximum Gasteiger partial charge on any atom is 0.167 e. The van der Waals surface area contributed by atoms with Gasteiger partial charge in [0.15, 0.2) is 5.82 Å². The number of hydrogen-bond donors (Lipinski definition) is 1. The summed E-state index contributed by atoms with van der Waals surface area (Å²) in [5.74, 6) is 2.63. The van der Waals surface area contributed by atoms with Crippen LogP contribution in [0.25, 0.3) is 11.4 Å². The van der Waals surface area contributed by atoms with Crippen LogP contribution in [0.5, 0.6) is 5.75 Å². The number of ether oxygens (including phenoxy) is 1. The molecule has 0 bridgehead atoms. The van der Waals surface area contributed by atoms with Gasteiger partial charge in [0.2, 0.25) is 0 Å². The molecule has 0 fully saturated rings. The van der Waals surface area contributed by atoms with E-state index in [1.165, 1.54) is 0 Å². The lowest BCUT2D eigenvalue weighted by molar-refractivity contribution is 0.415. The third kappa shape index (κ3) is 2.71. The lowest BCUT2D eigenvalue weighted by Gasteiger charge is -2.12. The minimum absolute atomic E-state index is 0.295. The molecule has 0 saturated carbocycles. The standard InChI is InChI=1S/C14H18N4O/c1-8-5-9(2)13(11(6-8)19-4)14-17-10(3)16-12(7-15)18-14/h5-6H,7,15H2,1-4H3. The molecule has 19 heavy (non-hydrogen) atoms. The van der Waals surface area contributed by atoms with Crippen molar-refractivity contribution in [2.75, 3.05) is 7.11 Å². The van der Waals surface area contributed by atoms with Crippen LogP contribution in [0.3, 0.4) is 0 Å². The summed E-state index contributed by atoms with van der Waals surface area (Å²) in [6.07, 6.45) is 0. The molecule has 2 N–H and O–H groups in total. The first kappa shape index (κ1) is 13.4. The van der Waals surface area contributed by atoms with E-state index in [-0.39, 0.29) is 0 Å². The number of aryl methyl sites for hydroxylation is 3. The quantitative estimate of drug-likeness (QED) is 0.910. The highest BCUT2D eigenvalue weighted by Gasteiger charge is 2.14. The zero-order valence-electron chi connectivity index (χ0n) is 11.7. The van der Waals surface area contributed by atoms with Gasteiger partial charge in [-0.1, -0.05) is 6.07 Å². The Kier molecular flexibility index (Phi) is 3.76. The van der Waals surface area contributed by atoms with Crippen molar-refractivity contribution in [1.29, 1.82) is 0 Å². The molecule has 1 aromatic carbocycles. The van der Waals surface area contributed by atoms with Crippen molar-refractivity contribution in [2.45, 2.75) is 27.3 Å². The zero-order valence-corrected chi connectivity index (χ0v) is 11.7. The van der Waals surface area contributed by atoms with E-state index >= 15 is 0 Å². The van der Waals surface area contributed by atoms with Gasteiger partial charge < -0.3 is 10.5 Å². The van der Waals surface area contributed by atoms with Crippen LogP contribution in [-0.4, -0.2) is 22.1 Å². The number of benzene rings is 1. The summed E-state index contributed by atoms with van der Waals surface area (Å²) in [5.41, 5.74) is 8.73. The Morgan fingerprint density at radius 1 is 1.11 bits per heavy atom. The van der Waals surface area contributed by atoms with Gasteiger partial charge in [-0.3, -0.25) is 0 Å². The van der Waals surface area contributed by atoms with Crippen molar-refractivity contribution < 1.29 is 4.74 Å². The fourth-order valence-corrected chi connectivity index (χ4v) is 2.12. The predicted octanol–water partition coefficient (Wildman–Crippen LogP) is 1.93. The average molecular weight is 258 g/mol. The molecule has 2 rings (SSSR count). The topological polar surface area (TPSA) is 73.9 Å². The summed E-state index contributed by atoms with van der Waals surface area (Å²) in [5, 5.41) is 0. The van der Waals surface area contributed by atoms with Crippen molar-refractivity contribution in [2.24, 2.45) is 5.73 Å². The summed E-state index contributed by atoms with van der Waals surface area (Å²) >= 11 is 0. The molecule has 0 unspecified atom stereocenters. The van der Waals surface area contributed by atoms with Gasteiger partial charge in [0.25, 0.3) is 0 Å². The van der Waals surface area contributed by atoms with Crippen LogP contribution in [0.2, 0.25) is 0 Å². The summed E-state index contributed by atoms with van der Waals surface area (Å²) in [6, 6.07) is 4.06. The van der Waals surface area contributed by atoms with Crippen LogP contribution in [0.4, 0.5) is 0 Å². The highest BCUT2D eigenvalue weighted by atomic mass is 16.5. The van der Waals surface area contributed by atoms with Crippen molar-refractivity contribution in [1.82, 2.24) is 15.0 Å². The molecule has 5 heteroatoms. The SMILES string of the molecule is COc1cc(C)cc(C)c1-c1nc(C)nc(CN)n1. The predicted molar refractivity (Wildman–Crippen MR) is 73.9 cm³/mol. The second-order valence-electron chi connectivity index (χ2n) is 4.49. The Morgan fingerprint density at radius 3 is 2.47 bits per heavy atom. The Labute approximate surface area is 112 Å². The molecule has 0 aliphatic rings. The Morgan fingerprint density at radius 2 is 1.84 bits per heavy atom. The van der Waals surface area contributed by atoms with E-state index in [0.717, 1.165) is 22.4 Å². The van der Waals surface area contributed by atoms with Gasteiger partial charge in [-0.2, -0.15) is 0 Å². The fourth-order valence-electron chi connectivity index (χ4n) is 2.12. The number of hydrogen-bond acceptors (Lipinski definition) is 5. The van der Waals surface area contributed by atoms with E-state index in [9.17, 15) is 0 Å². The van der Waals surface area contributed by atoms with Gasteiger partial charge in [-0.25, -0.2) is 15.0 Å². The van der Waals surface area contributed by atoms with E-state index < -0.39 is 0 Å². The first-order chi connectivity index (χ1) is 9.05. The van der Waals surface area contributed by atoms with Gasteiger partial charge in [0.05, 0.1) is 19.2 Å². The van der Waals surface area contributed by atoms with Gasteiger partial charge in [-0.05, 0) is 38.0 Å². The molecule has 1 heterocycles. The minimum Gasteiger partial charge on any atom is -0.496 e. The summed E-state index contributed by atoms with van der Waals surface area (Å²) in [4.78, 5) is 13.0. The van der Waals surface area contributed by atoms with Gasteiger partial charge in [0, 0.05) is 0 Å². The summed E-state index contributed by atoms with van der Waals surface area (Å²) in [7, 11) is 1.65. The molecule has 2 aromatic rings. The van der Waals surface area contributed by atoms with Crippen LogP contribution in [0.15, 0.2) is 12.1 Å². The normalized spacial score (nSPS) is 10.6. The molecule has 0 spiro atoms. The van der Waals surface area contributed by atoms with Crippen LogP contribution >= 0.6 is 0 Å². The minimum atomic E-state index is 0.295. The molecule has 0 atom stereocenters. The van der Waals surface area contributed by atoms with Crippen molar-refractivity contribution >= 4 is 0 Å². The zero-order chi connectivity index (χ0) is 14.0. The third-order valence-electron chi connectivity index (χ3n) is 2.86. The Bertz CT molecular complexity index is 611. The molecule has 1 aromatic heterocycles. The molecule has 100 valence electrons. The molecule has 0 amide bonds. The number of aromatic nitrogens is 3. The summed E-state index contributed by atoms with van der Waals surface area (Å²) in [6.45, 7) is 6.18. The highest BCUT2D eigenvalue weighted by molar-refractivity contribution is 5.69. The molecular weight excluding hydrogens is 240 g/mol. The second-order valence-corrected chi connectivity index (χ2v) is 4.49. The first-order valence-electron chi connectivity index (χ1n) is 6.12. The third-order valence-corrected chi connectivity index (χ3v) is 2.86. The maximum absolute atomic E-state index is 5.61. The lowest BCUT2D eigenvalue weighted by atomic mass is 10.0. The van der Waals surface area contributed by atoms with E-state index in [1.807, 2.05) is 26.8 Å². The Hall–Kier alpha value is -2.01. The van der Waals surface area contributed by atoms with Gasteiger partial charge >= 0.3 is 0 Å². The molecule has 0 radical (unpaired) electrons. The summed E-state index contributed by atoms with van der Waals surface area (Å²) < 4.78 is 5.44. The number of nitrogens with two attached hydrogens (primary N) is 1. The second kappa shape index (κ2) is 5.32. The average Bonchev–Trinajstić information content (AvgIpc) is 2.36. The van der Waals surface area contributed by atoms with Crippen LogP contribution in [0, 0.1) is 20.8 Å². The van der Waals surface area contributed by atoms with E-state index in [0.29, 0.717) is 24.0 Å². The molecule has 5 nitrogen and oxygen atoms in total. The van der Waals surface area contributed by atoms with E-state index in [4.69, 9.17) is 10.5 Å². The van der Waals surface area contributed by atoms with E-state index in [2.05, 4.69) is 21.0 Å². The molecule has 0 aliphatic heterocycles. The van der Waals surface area contributed by atoms with Gasteiger partial charge in [-0.15, -0.1) is 0 Å². The van der Waals surface area contributed by atoms with Crippen LogP contribution in [-0.2, 0) is 6.54 Å². The molecule has 0 aliphatic carbocycles. The van der Waals surface area contributed by atoms with Crippen molar-refractivity contribution in [3.8, 4) is 17.1 Å². The highest BCUT2D eigenvalue weighted by Crippen LogP contribution is 2.32. The van der Waals surface area contributed by atoms with Crippen LogP contribution < -0.4 is 10.5 Å². The van der Waals surface area contributed by atoms with Crippen molar-refractivity contribution in [3.63, 3.8) is 0 Å². The number of methoxy groups -OCH3 is 1. The Balaban J connectivity index is 2.67. The number of rotatable bonds is 3. The molecular formula is C14H18N4O. The largest absolute Gasteiger partial charge is 0.496 e. The maximum atomic E-state index is 5.61. The van der Waals surface area contributed by atoms with Crippen molar-refractivity contribution in [3.05, 3.63) is 34.9 Å². The lowest BCUT2D eigenvalue weighted by Crippen LogP contribution is -2.08. The first-order valence-corrected chi connectivity index (χ1v) is 6.12. The fraction of sp³-hybridized carbons (Fsp3) is 0.357. The molecule has 0 saturated heterocycles. The van der Waals surface area contributed by atoms with E-state index in [1.54, 1.807) is 7.11 Å². The smallest absolute Gasteiger partial charge is 0.167 e. The monoisotopic (exact) mass is 258 g/mol.